The average Bonchev–Trinajstić information content (AvgIpc) is 2.43. The van der Waals surface area contributed by atoms with Gasteiger partial charge in [-0.25, -0.2) is 0 Å². The van der Waals surface area contributed by atoms with Gasteiger partial charge in [0.25, 0.3) is 0 Å². The monoisotopic (exact) mass is 332 g/mol. The number of hydrogen-bond acceptors (Lipinski definition) is 2. The third kappa shape index (κ3) is 2.95. The van der Waals surface area contributed by atoms with Crippen LogP contribution in [0.2, 0.25) is 0 Å². The second-order valence-electron chi connectivity index (χ2n) is 5.37. The van der Waals surface area contributed by atoms with Crippen LogP contribution in [-0.4, -0.2) is 11.2 Å². The molecule has 0 atom stereocenters. The lowest BCUT2D eigenvalue weighted by molar-refractivity contribution is -0.149. The van der Waals surface area contributed by atoms with Crippen molar-refractivity contribution in [3.05, 3.63) is 70.2 Å². The van der Waals surface area contributed by atoms with Crippen LogP contribution < -0.4 is 0 Å². The van der Waals surface area contributed by atoms with Gasteiger partial charge in [0.05, 0.1) is 18.3 Å². The molecule has 0 unspecified atom stereocenters. The highest BCUT2D eigenvalue weighted by atomic mass is 79.9. The van der Waals surface area contributed by atoms with E-state index >= 15 is 0 Å². The first-order valence-electron chi connectivity index (χ1n) is 6.80. The van der Waals surface area contributed by atoms with Crippen molar-refractivity contribution in [2.24, 2.45) is 0 Å². The molecule has 0 aromatic heterocycles. The highest BCUT2D eigenvalue weighted by Gasteiger charge is 2.44. The Bertz CT molecular complexity index is 577. The summed E-state index contributed by atoms with van der Waals surface area (Å²) in [6.07, 6.45) is 1.46. The topological polar surface area (TPSA) is 29.5 Å². The predicted molar refractivity (Wildman–Crippen MR) is 82.3 cm³/mol. The zero-order valence-corrected chi connectivity index (χ0v) is 12.7. The quantitative estimate of drug-likeness (QED) is 0.916. The SMILES string of the molecule is OC1(c2cccc(Br)c2)CC(OCc2ccccc2)C1. The van der Waals surface area contributed by atoms with Crippen molar-refractivity contribution in [2.45, 2.75) is 31.2 Å². The molecular weight excluding hydrogens is 316 g/mol. The summed E-state index contributed by atoms with van der Waals surface area (Å²) in [5.74, 6) is 0. The second kappa shape index (κ2) is 5.68. The molecule has 104 valence electrons. The molecule has 0 radical (unpaired) electrons. The minimum absolute atomic E-state index is 0.138. The van der Waals surface area contributed by atoms with Crippen LogP contribution in [0.25, 0.3) is 0 Å². The summed E-state index contributed by atoms with van der Waals surface area (Å²) < 4.78 is 6.84. The number of benzene rings is 2. The lowest BCUT2D eigenvalue weighted by atomic mass is 9.73. The molecule has 0 aliphatic heterocycles. The van der Waals surface area contributed by atoms with Gasteiger partial charge in [-0.3, -0.25) is 0 Å². The van der Waals surface area contributed by atoms with Crippen molar-refractivity contribution >= 4 is 15.9 Å². The van der Waals surface area contributed by atoms with Crippen LogP contribution in [0.4, 0.5) is 0 Å². The Labute approximate surface area is 127 Å². The number of ether oxygens (including phenoxy) is 1. The van der Waals surface area contributed by atoms with E-state index in [0.29, 0.717) is 19.4 Å². The molecule has 0 amide bonds. The van der Waals surface area contributed by atoms with Gasteiger partial charge in [-0.05, 0) is 23.3 Å². The molecule has 3 heteroatoms. The standard InChI is InChI=1S/C17H17BrO2/c18-15-8-4-7-14(9-15)17(19)10-16(11-17)20-12-13-5-2-1-3-6-13/h1-9,16,19H,10-12H2. The first-order valence-corrected chi connectivity index (χ1v) is 7.59. The second-order valence-corrected chi connectivity index (χ2v) is 6.28. The van der Waals surface area contributed by atoms with Crippen molar-refractivity contribution in [1.82, 2.24) is 0 Å². The summed E-state index contributed by atoms with van der Waals surface area (Å²) in [5, 5.41) is 10.6. The Balaban J connectivity index is 1.55. The number of halogens is 1. The van der Waals surface area contributed by atoms with E-state index in [4.69, 9.17) is 4.74 Å². The maximum atomic E-state index is 10.6. The molecule has 1 aliphatic rings. The van der Waals surface area contributed by atoms with Crippen molar-refractivity contribution in [2.75, 3.05) is 0 Å². The van der Waals surface area contributed by atoms with Gasteiger partial charge in [-0.2, -0.15) is 0 Å². The van der Waals surface area contributed by atoms with Crippen molar-refractivity contribution in [3.8, 4) is 0 Å². The molecule has 1 N–H and O–H groups in total. The van der Waals surface area contributed by atoms with Crippen LogP contribution in [-0.2, 0) is 16.9 Å². The fraction of sp³-hybridized carbons (Fsp3) is 0.294. The number of aliphatic hydroxyl groups is 1. The van der Waals surface area contributed by atoms with Gasteiger partial charge >= 0.3 is 0 Å². The van der Waals surface area contributed by atoms with E-state index in [1.165, 1.54) is 5.56 Å². The molecule has 2 nitrogen and oxygen atoms in total. The van der Waals surface area contributed by atoms with Crippen LogP contribution in [0, 0.1) is 0 Å². The Hall–Kier alpha value is -1.16. The third-order valence-electron chi connectivity index (χ3n) is 3.82. The average molecular weight is 333 g/mol. The minimum Gasteiger partial charge on any atom is -0.385 e. The van der Waals surface area contributed by atoms with Crippen LogP contribution in [0.5, 0.6) is 0 Å². The predicted octanol–water partition coefficient (Wildman–Crippen LogP) is 4.02. The maximum Gasteiger partial charge on any atom is 0.0946 e. The molecule has 0 saturated heterocycles. The largest absolute Gasteiger partial charge is 0.385 e. The van der Waals surface area contributed by atoms with E-state index in [2.05, 4.69) is 28.1 Å². The first kappa shape index (κ1) is 13.8. The summed E-state index contributed by atoms with van der Waals surface area (Å²) in [6, 6.07) is 18.0. The van der Waals surface area contributed by atoms with E-state index in [-0.39, 0.29) is 6.10 Å². The van der Waals surface area contributed by atoms with Gasteiger partial charge in [-0.1, -0.05) is 58.4 Å². The van der Waals surface area contributed by atoms with Crippen LogP contribution >= 0.6 is 15.9 Å². The smallest absolute Gasteiger partial charge is 0.0946 e. The number of hydrogen-bond donors (Lipinski definition) is 1. The van der Waals surface area contributed by atoms with E-state index in [0.717, 1.165) is 10.0 Å². The lowest BCUT2D eigenvalue weighted by Gasteiger charge is -2.43. The lowest BCUT2D eigenvalue weighted by Crippen LogP contribution is -2.45. The highest BCUT2D eigenvalue weighted by molar-refractivity contribution is 9.10. The summed E-state index contributed by atoms with van der Waals surface area (Å²) in [5.41, 5.74) is 1.40. The molecule has 2 aromatic carbocycles. The molecule has 0 bridgehead atoms. The Kier molecular flexibility index (Phi) is 3.92. The fourth-order valence-corrected chi connectivity index (χ4v) is 3.01. The van der Waals surface area contributed by atoms with Gasteiger partial charge < -0.3 is 9.84 Å². The molecule has 1 aliphatic carbocycles. The van der Waals surface area contributed by atoms with Gasteiger partial charge in [0.1, 0.15) is 0 Å². The molecule has 1 fully saturated rings. The fourth-order valence-electron chi connectivity index (χ4n) is 2.61. The Morgan fingerprint density at radius 3 is 2.55 bits per heavy atom. The van der Waals surface area contributed by atoms with E-state index in [9.17, 15) is 5.11 Å². The molecule has 0 heterocycles. The zero-order chi connectivity index (χ0) is 14.0. The van der Waals surface area contributed by atoms with Crippen molar-refractivity contribution in [3.63, 3.8) is 0 Å². The molecule has 1 saturated carbocycles. The summed E-state index contributed by atoms with van der Waals surface area (Å²) in [4.78, 5) is 0. The Morgan fingerprint density at radius 2 is 1.85 bits per heavy atom. The normalized spacial score (nSPS) is 25.2. The zero-order valence-electron chi connectivity index (χ0n) is 11.1. The van der Waals surface area contributed by atoms with Gasteiger partial charge in [0, 0.05) is 17.3 Å². The molecule has 3 rings (SSSR count). The molecule has 20 heavy (non-hydrogen) atoms. The van der Waals surface area contributed by atoms with E-state index < -0.39 is 5.60 Å². The highest BCUT2D eigenvalue weighted by Crippen LogP contribution is 2.43. The summed E-state index contributed by atoms with van der Waals surface area (Å²) in [6.45, 7) is 0.611. The van der Waals surface area contributed by atoms with Crippen LogP contribution in [0.1, 0.15) is 24.0 Å². The van der Waals surface area contributed by atoms with Crippen molar-refractivity contribution in [1.29, 1.82) is 0 Å². The van der Waals surface area contributed by atoms with Gasteiger partial charge in [-0.15, -0.1) is 0 Å². The first-order chi connectivity index (χ1) is 9.66. The molecular formula is C17H17BrO2. The van der Waals surface area contributed by atoms with Crippen LogP contribution in [0.15, 0.2) is 59.1 Å². The maximum absolute atomic E-state index is 10.6. The van der Waals surface area contributed by atoms with Gasteiger partial charge in [0.2, 0.25) is 0 Å². The van der Waals surface area contributed by atoms with Crippen LogP contribution in [0.3, 0.4) is 0 Å². The van der Waals surface area contributed by atoms with E-state index in [1.807, 2.05) is 42.5 Å². The number of rotatable bonds is 4. The minimum atomic E-state index is -0.731. The third-order valence-corrected chi connectivity index (χ3v) is 4.31. The Morgan fingerprint density at radius 1 is 1.10 bits per heavy atom. The molecule has 2 aromatic rings. The van der Waals surface area contributed by atoms with E-state index in [1.54, 1.807) is 0 Å². The summed E-state index contributed by atoms with van der Waals surface area (Å²) in [7, 11) is 0. The van der Waals surface area contributed by atoms with Crippen molar-refractivity contribution < 1.29 is 9.84 Å². The van der Waals surface area contributed by atoms with Gasteiger partial charge in [0.15, 0.2) is 0 Å². The molecule has 0 spiro atoms. The summed E-state index contributed by atoms with van der Waals surface area (Å²) >= 11 is 3.44.